The van der Waals surface area contributed by atoms with Crippen molar-refractivity contribution in [2.45, 2.75) is 20.0 Å². The molecule has 1 amide bonds. The SMILES string of the molecule is CCn1ncc(Cl)c1CN(C)C(=O)c1ccccc1Br. The first-order valence-corrected chi connectivity index (χ1v) is 7.41. The van der Waals surface area contributed by atoms with Gasteiger partial charge in [0.25, 0.3) is 5.91 Å². The van der Waals surface area contributed by atoms with E-state index in [4.69, 9.17) is 11.6 Å². The predicted molar refractivity (Wildman–Crippen MR) is 82.9 cm³/mol. The Bertz CT molecular complexity index is 627. The number of rotatable bonds is 4. The van der Waals surface area contributed by atoms with Crippen molar-refractivity contribution in [1.29, 1.82) is 0 Å². The Balaban J connectivity index is 2.20. The molecule has 0 spiro atoms. The summed E-state index contributed by atoms with van der Waals surface area (Å²) >= 11 is 9.51. The van der Waals surface area contributed by atoms with E-state index in [1.54, 1.807) is 28.9 Å². The number of halogens is 2. The van der Waals surface area contributed by atoms with Crippen molar-refractivity contribution in [3.05, 3.63) is 51.2 Å². The average molecular weight is 357 g/mol. The molecule has 0 aliphatic rings. The summed E-state index contributed by atoms with van der Waals surface area (Å²) in [7, 11) is 1.76. The molecular formula is C14H15BrClN3O. The number of hydrogen-bond acceptors (Lipinski definition) is 2. The second-order valence-electron chi connectivity index (χ2n) is 4.40. The lowest BCUT2D eigenvalue weighted by atomic mass is 10.2. The Hall–Kier alpha value is -1.33. The molecule has 0 aliphatic carbocycles. The lowest BCUT2D eigenvalue weighted by molar-refractivity contribution is 0.0780. The van der Waals surface area contributed by atoms with E-state index in [1.807, 2.05) is 25.1 Å². The van der Waals surface area contributed by atoms with Crippen molar-refractivity contribution >= 4 is 33.4 Å². The zero-order valence-electron chi connectivity index (χ0n) is 11.3. The number of carbonyl (C=O) groups excluding carboxylic acids is 1. The minimum atomic E-state index is -0.0580. The number of carbonyl (C=O) groups is 1. The minimum absolute atomic E-state index is 0.0580. The predicted octanol–water partition coefficient (Wildman–Crippen LogP) is 3.59. The molecule has 20 heavy (non-hydrogen) atoms. The van der Waals surface area contributed by atoms with Gasteiger partial charge in [-0.15, -0.1) is 0 Å². The Morgan fingerprint density at radius 3 is 2.80 bits per heavy atom. The van der Waals surface area contributed by atoms with Crippen LogP contribution >= 0.6 is 27.5 Å². The van der Waals surface area contributed by atoms with E-state index < -0.39 is 0 Å². The highest BCUT2D eigenvalue weighted by Gasteiger charge is 2.17. The molecule has 6 heteroatoms. The van der Waals surface area contributed by atoms with Gasteiger partial charge < -0.3 is 4.90 Å². The van der Waals surface area contributed by atoms with Crippen molar-refractivity contribution in [2.24, 2.45) is 0 Å². The van der Waals surface area contributed by atoms with Crippen LogP contribution in [-0.4, -0.2) is 27.6 Å². The van der Waals surface area contributed by atoms with Gasteiger partial charge in [0.2, 0.25) is 0 Å². The molecule has 1 heterocycles. The fraction of sp³-hybridized carbons (Fsp3) is 0.286. The molecule has 0 radical (unpaired) electrons. The third-order valence-electron chi connectivity index (χ3n) is 3.04. The fourth-order valence-corrected chi connectivity index (χ4v) is 2.61. The number of amides is 1. The lowest BCUT2D eigenvalue weighted by Crippen LogP contribution is -2.27. The number of nitrogens with zero attached hydrogens (tertiary/aromatic N) is 3. The molecule has 1 aromatic heterocycles. The zero-order chi connectivity index (χ0) is 14.7. The average Bonchev–Trinajstić information content (AvgIpc) is 2.79. The van der Waals surface area contributed by atoms with Gasteiger partial charge in [0.15, 0.2) is 0 Å². The van der Waals surface area contributed by atoms with Gasteiger partial charge in [0, 0.05) is 18.1 Å². The summed E-state index contributed by atoms with van der Waals surface area (Å²) < 4.78 is 2.58. The second kappa shape index (κ2) is 6.41. The standard InChI is InChI=1S/C14H15BrClN3O/c1-3-19-13(12(16)8-17-19)9-18(2)14(20)10-6-4-5-7-11(10)15/h4-8H,3,9H2,1-2H3. The summed E-state index contributed by atoms with van der Waals surface area (Å²) in [6.45, 7) is 3.13. The van der Waals surface area contributed by atoms with E-state index in [1.165, 1.54) is 0 Å². The van der Waals surface area contributed by atoms with E-state index >= 15 is 0 Å². The number of aryl methyl sites for hydroxylation is 1. The van der Waals surface area contributed by atoms with Crippen LogP contribution in [0.3, 0.4) is 0 Å². The first-order chi connectivity index (χ1) is 9.54. The third-order valence-corrected chi connectivity index (χ3v) is 4.04. The highest BCUT2D eigenvalue weighted by Crippen LogP contribution is 2.20. The first-order valence-electron chi connectivity index (χ1n) is 6.24. The Morgan fingerprint density at radius 2 is 2.15 bits per heavy atom. The molecule has 2 rings (SSSR count). The van der Waals surface area contributed by atoms with Crippen LogP contribution < -0.4 is 0 Å². The largest absolute Gasteiger partial charge is 0.336 e. The molecule has 0 saturated carbocycles. The van der Waals surface area contributed by atoms with E-state index in [0.717, 1.165) is 16.7 Å². The van der Waals surface area contributed by atoms with Gasteiger partial charge in [-0.3, -0.25) is 9.48 Å². The molecule has 4 nitrogen and oxygen atoms in total. The normalized spacial score (nSPS) is 10.6. The lowest BCUT2D eigenvalue weighted by Gasteiger charge is -2.18. The van der Waals surface area contributed by atoms with E-state index in [0.29, 0.717) is 17.1 Å². The summed E-state index contributed by atoms with van der Waals surface area (Å²) in [6, 6.07) is 7.37. The number of hydrogen-bond donors (Lipinski definition) is 0. The maximum Gasteiger partial charge on any atom is 0.255 e. The highest BCUT2D eigenvalue weighted by atomic mass is 79.9. The van der Waals surface area contributed by atoms with Crippen LogP contribution in [0.2, 0.25) is 5.02 Å². The van der Waals surface area contributed by atoms with Gasteiger partial charge >= 0.3 is 0 Å². The highest BCUT2D eigenvalue weighted by molar-refractivity contribution is 9.10. The molecule has 106 valence electrons. The van der Waals surface area contributed by atoms with Crippen molar-refractivity contribution in [2.75, 3.05) is 7.05 Å². The smallest absolute Gasteiger partial charge is 0.255 e. The fourth-order valence-electron chi connectivity index (χ4n) is 1.95. The van der Waals surface area contributed by atoms with Crippen LogP contribution in [-0.2, 0) is 13.1 Å². The van der Waals surface area contributed by atoms with E-state index in [9.17, 15) is 4.79 Å². The molecule has 1 aromatic carbocycles. The van der Waals surface area contributed by atoms with Crippen molar-refractivity contribution in [3.8, 4) is 0 Å². The van der Waals surface area contributed by atoms with Crippen LogP contribution in [0.1, 0.15) is 23.0 Å². The molecule has 0 fully saturated rings. The van der Waals surface area contributed by atoms with Crippen molar-refractivity contribution in [1.82, 2.24) is 14.7 Å². The number of benzene rings is 1. The second-order valence-corrected chi connectivity index (χ2v) is 5.66. The van der Waals surface area contributed by atoms with Gasteiger partial charge in [-0.25, -0.2) is 0 Å². The summed E-state index contributed by atoms with van der Waals surface area (Å²) in [6.07, 6.45) is 1.61. The summed E-state index contributed by atoms with van der Waals surface area (Å²) in [4.78, 5) is 14.1. The van der Waals surface area contributed by atoms with Crippen LogP contribution in [0.25, 0.3) is 0 Å². The summed E-state index contributed by atoms with van der Waals surface area (Å²) in [5.41, 5.74) is 1.48. The molecule has 2 aromatic rings. The zero-order valence-corrected chi connectivity index (χ0v) is 13.6. The van der Waals surface area contributed by atoms with Crippen LogP contribution in [0, 0.1) is 0 Å². The van der Waals surface area contributed by atoms with Crippen LogP contribution in [0.4, 0.5) is 0 Å². The van der Waals surface area contributed by atoms with Gasteiger partial charge in [0.05, 0.1) is 29.0 Å². The Labute approximate surface area is 131 Å². The molecular weight excluding hydrogens is 342 g/mol. The first kappa shape index (κ1) is 15.1. The van der Waals surface area contributed by atoms with E-state index in [-0.39, 0.29) is 5.91 Å². The Kier molecular flexibility index (Phi) is 4.83. The summed E-state index contributed by atoms with van der Waals surface area (Å²) in [5.74, 6) is -0.0580. The molecule has 0 aliphatic heterocycles. The van der Waals surface area contributed by atoms with Gasteiger partial charge in [-0.2, -0.15) is 5.10 Å². The van der Waals surface area contributed by atoms with Crippen LogP contribution in [0.15, 0.2) is 34.9 Å². The topological polar surface area (TPSA) is 38.1 Å². The molecule has 0 unspecified atom stereocenters. The van der Waals surface area contributed by atoms with Gasteiger partial charge in [0.1, 0.15) is 0 Å². The Morgan fingerprint density at radius 1 is 1.45 bits per heavy atom. The van der Waals surface area contributed by atoms with Gasteiger partial charge in [-0.1, -0.05) is 23.7 Å². The third kappa shape index (κ3) is 3.04. The molecule has 0 atom stereocenters. The van der Waals surface area contributed by atoms with Crippen molar-refractivity contribution in [3.63, 3.8) is 0 Å². The monoisotopic (exact) mass is 355 g/mol. The molecule has 0 saturated heterocycles. The van der Waals surface area contributed by atoms with Crippen molar-refractivity contribution < 1.29 is 4.79 Å². The molecule has 0 N–H and O–H groups in total. The minimum Gasteiger partial charge on any atom is -0.336 e. The summed E-state index contributed by atoms with van der Waals surface area (Å²) in [5, 5.41) is 4.76. The quantitative estimate of drug-likeness (QED) is 0.839. The molecule has 0 bridgehead atoms. The van der Waals surface area contributed by atoms with Crippen LogP contribution in [0.5, 0.6) is 0 Å². The maximum absolute atomic E-state index is 12.4. The number of aromatic nitrogens is 2. The van der Waals surface area contributed by atoms with E-state index in [2.05, 4.69) is 21.0 Å². The maximum atomic E-state index is 12.4. The van der Waals surface area contributed by atoms with Gasteiger partial charge in [-0.05, 0) is 35.0 Å².